The molecule has 0 unspecified atom stereocenters. The van der Waals surface area contributed by atoms with Crippen molar-refractivity contribution in [3.63, 3.8) is 0 Å². The van der Waals surface area contributed by atoms with Crippen LogP contribution < -0.4 is 4.90 Å². The van der Waals surface area contributed by atoms with Crippen LogP contribution in [0.5, 0.6) is 0 Å². The first-order valence-electron chi connectivity index (χ1n) is 14.4. The second kappa shape index (κ2) is 9.81. The van der Waals surface area contributed by atoms with E-state index in [1.807, 2.05) is 105 Å². The Hall–Kier alpha value is -5.95. The van der Waals surface area contributed by atoms with Crippen molar-refractivity contribution in [1.82, 2.24) is 19.5 Å². The van der Waals surface area contributed by atoms with Crippen LogP contribution >= 0.6 is 0 Å². The molecule has 7 aromatic rings. The minimum Gasteiger partial charge on any atom is -0.308 e. The molecule has 2 aromatic heterocycles. The smallest absolute Gasteiger partial charge is 0.268 e. The third-order valence-corrected chi connectivity index (χ3v) is 8.14. The van der Waals surface area contributed by atoms with Crippen LogP contribution in [-0.2, 0) is 0 Å². The Kier molecular flexibility index (Phi) is 5.74. The maximum Gasteiger partial charge on any atom is 0.268 e. The highest BCUT2D eigenvalue weighted by molar-refractivity contribution is 6.36. The summed E-state index contributed by atoms with van der Waals surface area (Å²) in [5.41, 5.74) is 6.41. The fourth-order valence-corrected chi connectivity index (χ4v) is 6.33. The predicted octanol–water partition coefficient (Wildman–Crippen LogP) is 7.72. The standard InChI is InChI=1S/C37H25N5O2/c1-22-38-23(2)40-35(39-22)30-18-9-16-28-27-15-6-7-19-31(27)42(34(28)30)32-20-10-17-29-33(32)37(44)41(36(29)43)26-14-8-13-25(21-26)24-11-4-3-5-12-24/h3-21H,1-2H3. The quantitative estimate of drug-likeness (QED) is 0.202. The topological polar surface area (TPSA) is 81.0 Å². The molecule has 8 rings (SSSR count). The van der Waals surface area contributed by atoms with E-state index in [1.54, 1.807) is 12.1 Å². The second-order valence-corrected chi connectivity index (χ2v) is 10.9. The molecular weight excluding hydrogens is 546 g/mol. The zero-order valence-electron chi connectivity index (χ0n) is 24.0. The highest BCUT2D eigenvalue weighted by atomic mass is 16.2. The fourth-order valence-electron chi connectivity index (χ4n) is 6.33. The SMILES string of the molecule is Cc1nc(C)nc(-c2cccc3c4ccccc4n(-c4cccc5c4C(=O)N(c4cccc(-c6ccccc6)c4)C5=O)c23)n1. The van der Waals surface area contributed by atoms with Crippen molar-refractivity contribution in [2.75, 3.05) is 4.90 Å². The average molecular weight is 572 g/mol. The Bertz CT molecular complexity index is 2290. The number of para-hydroxylation sites is 2. The third-order valence-electron chi connectivity index (χ3n) is 8.14. The lowest BCUT2D eigenvalue weighted by molar-refractivity contribution is 0.0926. The summed E-state index contributed by atoms with van der Waals surface area (Å²) in [5, 5.41) is 2.02. The molecule has 1 aliphatic heterocycles. The molecule has 1 aliphatic rings. The van der Waals surface area contributed by atoms with Crippen molar-refractivity contribution in [1.29, 1.82) is 0 Å². The van der Waals surface area contributed by atoms with Crippen LogP contribution in [0, 0.1) is 13.8 Å². The van der Waals surface area contributed by atoms with Gasteiger partial charge in [0.25, 0.3) is 11.8 Å². The first kappa shape index (κ1) is 25.7. The van der Waals surface area contributed by atoms with E-state index in [0.717, 1.165) is 38.5 Å². The summed E-state index contributed by atoms with van der Waals surface area (Å²) in [6.07, 6.45) is 0. The van der Waals surface area contributed by atoms with Gasteiger partial charge in [0, 0.05) is 16.3 Å². The van der Waals surface area contributed by atoms with Crippen LogP contribution in [0.3, 0.4) is 0 Å². The summed E-state index contributed by atoms with van der Waals surface area (Å²) in [5.74, 6) is 1.10. The van der Waals surface area contributed by atoms with Gasteiger partial charge in [-0.25, -0.2) is 19.9 Å². The van der Waals surface area contributed by atoms with Crippen molar-refractivity contribution in [3.8, 4) is 28.2 Å². The van der Waals surface area contributed by atoms with Gasteiger partial charge in [0.05, 0.1) is 33.5 Å². The number of aromatic nitrogens is 4. The number of rotatable bonds is 4. The molecule has 44 heavy (non-hydrogen) atoms. The zero-order valence-corrected chi connectivity index (χ0v) is 24.0. The summed E-state index contributed by atoms with van der Waals surface area (Å²) in [6, 6.07) is 37.1. The first-order valence-corrected chi connectivity index (χ1v) is 14.4. The van der Waals surface area contributed by atoms with Crippen LogP contribution in [0.2, 0.25) is 0 Å². The Morgan fingerprint density at radius 3 is 2.05 bits per heavy atom. The number of hydrogen-bond donors (Lipinski definition) is 0. The molecule has 0 aliphatic carbocycles. The lowest BCUT2D eigenvalue weighted by Gasteiger charge is -2.16. The number of fused-ring (bicyclic) bond motifs is 4. The van der Waals surface area contributed by atoms with Gasteiger partial charge in [-0.05, 0) is 61.4 Å². The van der Waals surface area contributed by atoms with Crippen LogP contribution in [0.25, 0.3) is 50.0 Å². The van der Waals surface area contributed by atoms with Crippen molar-refractivity contribution in [2.45, 2.75) is 13.8 Å². The molecule has 0 radical (unpaired) electrons. The van der Waals surface area contributed by atoms with Gasteiger partial charge in [0.15, 0.2) is 5.82 Å². The van der Waals surface area contributed by atoms with E-state index in [9.17, 15) is 9.59 Å². The number of carbonyl (C=O) groups excluding carboxylic acids is 2. The highest BCUT2D eigenvalue weighted by Crippen LogP contribution is 2.40. The van der Waals surface area contributed by atoms with Gasteiger partial charge in [-0.1, -0.05) is 78.9 Å². The van der Waals surface area contributed by atoms with E-state index in [-0.39, 0.29) is 11.8 Å². The summed E-state index contributed by atoms with van der Waals surface area (Å²) in [7, 11) is 0. The normalized spacial score (nSPS) is 12.8. The minimum atomic E-state index is -0.360. The summed E-state index contributed by atoms with van der Waals surface area (Å²) in [4.78, 5) is 43.3. The van der Waals surface area contributed by atoms with Gasteiger partial charge >= 0.3 is 0 Å². The molecule has 0 fully saturated rings. The lowest BCUT2D eigenvalue weighted by Crippen LogP contribution is -2.29. The first-order chi connectivity index (χ1) is 21.5. The molecule has 7 heteroatoms. The van der Waals surface area contributed by atoms with Crippen LogP contribution in [0.1, 0.15) is 32.4 Å². The Morgan fingerprint density at radius 2 is 1.23 bits per heavy atom. The molecule has 3 heterocycles. The second-order valence-electron chi connectivity index (χ2n) is 10.9. The Balaban J connectivity index is 1.36. The monoisotopic (exact) mass is 571 g/mol. The number of nitrogens with zero attached hydrogens (tertiary/aromatic N) is 5. The van der Waals surface area contributed by atoms with E-state index in [2.05, 4.69) is 31.7 Å². The number of benzene rings is 5. The van der Waals surface area contributed by atoms with E-state index in [0.29, 0.717) is 40.0 Å². The molecule has 0 bridgehead atoms. The zero-order chi connectivity index (χ0) is 29.9. The summed E-state index contributed by atoms with van der Waals surface area (Å²) < 4.78 is 2.07. The van der Waals surface area contributed by atoms with Gasteiger partial charge in [0.2, 0.25) is 0 Å². The van der Waals surface area contributed by atoms with E-state index < -0.39 is 0 Å². The minimum absolute atomic E-state index is 0.346. The maximum atomic E-state index is 14.3. The molecule has 0 saturated carbocycles. The lowest BCUT2D eigenvalue weighted by atomic mass is 10.0. The average Bonchev–Trinajstić information content (AvgIpc) is 3.52. The molecule has 7 nitrogen and oxygen atoms in total. The van der Waals surface area contributed by atoms with Crippen molar-refractivity contribution < 1.29 is 9.59 Å². The predicted molar refractivity (Wildman–Crippen MR) is 172 cm³/mol. The van der Waals surface area contributed by atoms with Gasteiger partial charge in [-0.2, -0.15) is 0 Å². The molecule has 0 spiro atoms. The van der Waals surface area contributed by atoms with Gasteiger partial charge in [-0.15, -0.1) is 0 Å². The number of aryl methyl sites for hydroxylation is 2. The molecular formula is C37H25N5O2. The molecule has 0 saturated heterocycles. The van der Waals surface area contributed by atoms with Crippen molar-refractivity contribution in [3.05, 3.63) is 138 Å². The number of carbonyl (C=O) groups is 2. The van der Waals surface area contributed by atoms with E-state index in [1.165, 1.54) is 4.90 Å². The Morgan fingerprint density at radius 1 is 0.568 bits per heavy atom. The summed E-state index contributed by atoms with van der Waals surface area (Å²) >= 11 is 0. The van der Waals surface area contributed by atoms with Gasteiger partial charge in [-0.3, -0.25) is 9.59 Å². The molecule has 210 valence electrons. The number of hydrogen-bond acceptors (Lipinski definition) is 5. The van der Waals surface area contributed by atoms with Crippen LogP contribution in [0.4, 0.5) is 5.69 Å². The number of anilines is 1. The van der Waals surface area contributed by atoms with E-state index in [4.69, 9.17) is 0 Å². The van der Waals surface area contributed by atoms with Crippen LogP contribution in [0.15, 0.2) is 115 Å². The van der Waals surface area contributed by atoms with Crippen LogP contribution in [-0.4, -0.2) is 31.3 Å². The molecule has 0 atom stereocenters. The Labute approximate surface area is 253 Å². The maximum absolute atomic E-state index is 14.3. The van der Waals surface area contributed by atoms with Gasteiger partial charge in [0.1, 0.15) is 11.6 Å². The molecule has 2 amide bonds. The van der Waals surface area contributed by atoms with Crippen molar-refractivity contribution >= 4 is 39.3 Å². The number of imide groups is 1. The van der Waals surface area contributed by atoms with Crippen molar-refractivity contribution in [2.24, 2.45) is 0 Å². The summed E-state index contributed by atoms with van der Waals surface area (Å²) in [6.45, 7) is 3.70. The van der Waals surface area contributed by atoms with E-state index >= 15 is 0 Å². The largest absolute Gasteiger partial charge is 0.308 e. The third kappa shape index (κ3) is 3.86. The highest BCUT2D eigenvalue weighted by Gasteiger charge is 2.39. The molecule has 0 N–H and O–H groups in total. The number of amides is 2. The fraction of sp³-hybridized carbons (Fsp3) is 0.0541. The van der Waals surface area contributed by atoms with Gasteiger partial charge < -0.3 is 4.57 Å². The molecule has 5 aromatic carbocycles.